The van der Waals surface area contributed by atoms with Gasteiger partial charge in [-0.1, -0.05) is 12.1 Å². The summed E-state index contributed by atoms with van der Waals surface area (Å²) in [6.07, 6.45) is -3.03. The van der Waals surface area contributed by atoms with Crippen LogP contribution in [-0.4, -0.2) is 18.6 Å². The zero-order chi connectivity index (χ0) is 14.8. The SMILES string of the molecule is Cc1cc[n+](CCNC(=O)C(F)(F)F)c2ccccc12.[I-]. The van der Waals surface area contributed by atoms with Crippen molar-refractivity contribution >= 4 is 16.8 Å². The Bertz CT molecular complexity index is 644. The third-order valence-corrected chi connectivity index (χ3v) is 3.04. The summed E-state index contributed by atoms with van der Waals surface area (Å²) in [7, 11) is 0. The molecule has 21 heavy (non-hydrogen) atoms. The molecule has 1 heterocycles. The minimum absolute atomic E-state index is 0. The number of fused-ring (bicyclic) bond motifs is 1. The van der Waals surface area contributed by atoms with Gasteiger partial charge in [0.15, 0.2) is 12.7 Å². The van der Waals surface area contributed by atoms with E-state index in [2.05, 4.69) is 0 Å². The lowest BCUT2D eigenvalue weighted by molar-refractivity contribution is -0.669. The van der Waals surface area contributed by atoms with Crippen LogP contribution in [0.1, 0.15) is 5.56 Å². The molecule has 0 aliphatic heterocycles. The third kappa shape index (κ3) is 4.29. The van der Waals surface area contributed by atoms with Gasteiger partial charge >= 0.3 is 12.1 Å². The Balaban J connectivity index is 0.00000220. The Labute approximate surface area is 137 Å². The molecule has 1 N–H and O–H groups in total. The minimum Gasteiger partial charge on any atom is -1.00 e. The molecule has 7 heteroatoms. The van der Waals surface area contributed by atoms with Crippen LogP contribution in [0.5, 0.6) is 0 Å². The van der Waals surface area contributed by atoms with Gasteiger partial charge in [-0.05, 0) is 18.6 Å². The number of carbonyl (C=O) groups excluding carboxylic acids is 1. The number of aryl methyl sites for hydroxylation is 1. The number of nitrogens with zero attached hydrogens (tertiary/aromatic N) is 1. The molecule has 0 unspecified atom stereocenters. The second-order valence-corrected chi connectivity index (χ2v) is 4.46. The van der Waals surface area contributed by atoms with Crippen molar-refractivity contribution in [1.82, 2.24) is 5.32 Å². The molecular weight excluding hydrogens is 396 g/mol. The van der Waals surface area contributed by atoms with Gasteiger partial charge in [0.1, 0.15) is 0 Å². The number of amides is 1. The lowest BCUT2D eigenvalue weighted by Crippen LogP contribution is -3.00. The maximum atomic E-state index is 12.1. The zero-order valence-corrected chi connectivity index (χ0v) is 13.4. The average molecular weight is 410 g/mol. The molecule has 0 atom stereocenters. The molecule has 2 rings (SSSR count). The predicted molar refractivity (Wildman–Crippen MR) is 67.9 cm³/mol. The van der Waals surface area contributed by atoms with Crippen molar-refractivity contribution in [2.75, 3.05) is 6.54 Å². The fourth-order valence-electron chi connectivity index (χ4n) is 2.01. The van der Waals surface area contributed by atoms with Gasteiger partial charge in [-0.25, -0.2) is 0 Å². The molecule has 0 aliphatic rings. The molecule has 0 saturated heterocycles. The van der Waals surface area contributed by atoms with Crippen molar-refractivity contribution in [3.8, 4) is 0 Å². The number of rotatable bonds is 3. The number of halogens is 4. The zero-order valence-electron chi connectivity index (χ0n) is 11.2. The summed E-state index contributed by atoms with van der Waals surface area (Å²) in [4.78, 5) is 10.7. The van der Waals surface area contributed by atoms with Crippen LogP contribution in [0.2, 0.25) is 0 Å². The van der Waals surface area contributed by atoms with Gasteiger partial charge in [-0.2, -0.15) is 17.7 Å². The molecule has 1 aromatic heterocycles. The largest absolute Gasteiger partial charge is 1.00 e. The smallest absolute Gasteiger partial charge is 0.471 e. The van der Waals surface area contributed by atoms with E-state index in [9.17, 15) is 18.0 Å². The lowest BCUT2D eigenvalue weighted by atomic mass is 10.1. The molecule has 0 radical (unpaired) electrons. The van der Waals surface area contributed by atoms with Gasteiger partial charge in [0.05, 0.1) is 6.54 Å². The summed E-state index contributed by atoms with van der Waals surface area (Å²) in [6.45, 7) is 2.18. The summed E-state index contributed by atoms with van der Waals surface area (Å²) >= 11 is 0. The molecule has 0 fully saturated rings. The molecule has 1 aromatic carbocycles. The first-order valence-electron chi connectivity index (χ1n) is 6.12. The van der Waals surface area contributed by atoms with Crippen molar-refractivity contribution in [3.63, 3.8) is 0 Å². The van der Waals surface area contributed by atoms with E-state index in [-0.39, 0.29) is 37.1 Å². The van der Waals surface area contributed by atoms with E-state index in [4.69, 9.17) is 0 Å². The summed E-state index contributed by atoms with van der Waals surface area (Å²) in [5, 5.41) is 2.90. The Kier molecular flexibility index (Phi) is 5.94. The highest BCUT2D eigenvalue weighted by Gasteiger charge is 2.38. The highest BCUT2D eigenvalue weighted by Crippen LogP contribution is 2.14. The Morgan fingerprint density at radius 3 is 2.57 bits per heavy atom. The Hall–Kier alpha value is -1.38. The van der Waals surface area contributed by atoms with Crippen LogP contribution >= 0.6 is 0 Å². The van der Waals surface area contributed by atoms with Crippen LogP contribution in [0.15, 0.2) is 36.5 Å². The van der Waals surface area contributed by atoms with Crippen LogP contribution in [0, 0.1) is 6.92 Å². The van der Waals surface area contributed by atoms with Gasteiger partial charge < -0.3 is 29.3 Å². The molecule has 114 valence electrons. The fourth-order valence-corrected chi connectivity index (χ4v) is 2.01. The number of alkyl halides is 3. The first-order valence-corrected chi connectivity index (χ1v) is 6.12. The van der Waals surface area contributed by atoms with Gasteiger partial charge in [0.25, 0.3) is 0 Å². The first kappa shape index (κ1) is 17.7. The highest BCUT2D eigenvalue weighted by molar-refractivity contribution is 5.81. The van der Waals surface area contributed by atoms with E-state index >= 15 is 0 Å². The second-order valence-electron chi connectivity index (χ2n) is 4.46. The van der Waals surface area contributed by atoms with Crippen molar-refractivity contribution in [2.45, 2.75) is 19.6 Å². The maximum absolute atomic E-state index is 12.1. The topological polar surface area (TPSA) is 33.0 Å². The number of hydrogen-bond acceptors (Lipinski definition) is 1. The number of carbonyl (C=O) groups is 1. The number of hydrogen-bond donors (Lipinski definition) is 1. The minimum atomic E-state index is -4.83. The van der Waals surface area contributed by atoms with E-state index in [1.54, 1.807) is 6.20 Å². The Morgan fingerprint density at radius 1 is 1.24 bits per heavy atom. The normalized spacial score (nSPS) is 11.0. The van der Waals surface area contributed by atoms with Gasteiger partial charge in [0.2, 0.25) is 5.52 Å². The molecule has 0 spiro atoms. The molecule has 0 bridgehead atoms. The Morgan fingerprint density at radius 2 is 1.90 bits per heavy atom. The summed E-state index contributed by atoms with van der Waals surface area (Å²) in [5.74, 6) is -1.91. The second kappa shape index (κ2) is 7.06. The monoisotopic (exact) mass is 410 g/mol. The summed E-state index contributed by atoms with van der Waals surface area (Å²) in [5.41, 5.74) is 2.02. The highest BCUT2D eigenvalue weighted by atomic mass is 127. The van der Waals surface area contributed by atoms with E-state index in [1.165, 1.54) is 0 Å². The number of pyridine rings is 1. The summed E-state index contributed by atoms with van der Waals surface area (Å²) in [6, 6.07) is 9.52. The van der Waals surface area contributed by atoms with Crippen molar-refractivity contribution in [1.29, 1.82) is 0 Å². The van der Waals surface area contributed by atoms with Gasteiger partial charge in [-0.3, -0.25) is 4.79 Å². The number of nitrogens with one attached hydrogen (secondary N) is 1. The fraction of sp³-hybridized carbons (Fsp3) is 0.286. The van der Waals surface area contributed by atoms with Crippen molar-refractivity contribution < 1.29 is 46.5 Å². The molecule has 0 saturated carbocycles. The van der Waals surface area contributed by atoms with E-state index in [0.717, 1.165) is 16.5 Å². The first-order chi connectivity index (χ1) is 9.39. The average Bonchev–Trinajstić information content (AvgIpc) is 2.40. The quantitative estimate of drug-likeness (QED) is 0.518. The van der Waals surface area contributed by atoms with E-state index in [1.807, 2.05) is 47.1 Å². The van der Waals surface area contributed by atoms with Crippen LogP contribution in [-0.2, 0) is 11.3 Å². The standard InChI is InChI=1S/C14H13F3N2O.HI/c1-10-6-8-19(12-5-3-2-4-11(10)12)9-7-18-13(20)14(15,16)17;/h2-6,8H,7,9H2,1H3;1H. The van der Waals surface area contributed by atoms with Crippen molar-refractivity contribution in [2.24, 2.45) is 0 Å². The van der Waals surface area contributed by atoms with Crippen molar-refractivity contribution in [3.05, 3.63) is 42.1 Å². The molecular formula is C14H14F3IN2O. The van der Waals surface area contributed by atoms with E-state index in [0.29, 0.717) is 0 Å². The third-order valence-electron chi connectivity index (χ3n) is 3.04. The van der Waals surface area contributed by atoms with Crippen LogP contribution < -0.4 is 33.9 Å². The van der Waals surface area contributed by atoms with Crippen LogP contribution in [0.4, 0.5) is 13.2 Å². The van der Waals surface area contributed by atoms with Crippen LogP contribution in [0.25, 0.3) is 10.9 Å². The molecule has 0 aliphatic carbocycles. The lowest BCUT2D eigenvalue weighted by Gasteiger charge is -2.07. The number of aromatic nitrogens is 1. The van der Waals surface area contributed by atoms with Gasteiger partial charge in [0, 0.05) is 17.5 Å². The number of para-hydroxylation sites is 1. The van der Waals surface area contributed by atoms with Gasteiger partial charge in [-0.15, -0.1) is 0 Å². The molecule has 1 amide bonds. The molecule has 2 aromatic rings. The maximum Gasteiger partial charge on any atom is 0.471 e. The molecule has 3 nitrogen and oxygen atoms in total. The summed E-state index contributed by atoms with van der Waals surface area (Å²) < 4.78 is 38.0. The number of benzene rings is 1. The van der Waals surface area contributed by atoms with Crippen LogP contribution in [0.3, 0.4) is 0 Å². The predicted octanol–water partition coefficient (Wildman–Crippen LogP) is -0.882. The van der Waals surface area contributed by atoms with E-state index < -0.39 is 12.1 Å².